The van der Waals surface area contributed by atoms with Crippen LogP contribution < -0.4 is 5.32 Å². The molecule has 3 rings (SSSR count). The highest BCUT2D eigenvalue weighted by molar-refractivity contribution is 5.86. The zero-order valence-corrected chi connectivity index (χ0v) is 11.6. The number of anilines is 1. The first-order chi connectivity index (χ1) is 9.78. The average molecular weight is 273 g/mol. The van der Waals surface area contributed by atoms with Crippen molar-refractivity contribution in [3.63, 3.8) is 0 Å². The smallest absolute Gasteiger partial charge is 0.222 e. The number of carbonyl (C=O) groups is 1. The first-order valence-electron chi connectivity index (χ1n) is 7.10. The SMILES string of the molecule is CCC(=O)N1CCC[C@@H](Nc2ncnc3[nH]ccc23)C1. The van der Waals surface area contributed by atoms with Crippen LogP contribution in [0, 0.1) is 0 Å². The lowest BCUT2D eigenvalue weighted by molar-refractivity contribution is -0.131. The van der Waals surface area contributed by atoms with Crippen LogP contribution in [0.1, 0.15) is 26.2 Å². The van der Waals surface area contributed by atoms with Crippen LogP contribution in [0.25, 0.3) is 11.0 Å². The number of H-pyrrole nitrogens is 1. The van der Waals surface area contributed by atoms with Crippen LogP contribution in [0.3, 0.4) is 0 Å². The van der Waals surface area contributed by atoms with Gasteiger partial charge in [-0.25, -0.2) is 9.97 Å². The lowest BCUT2D eigenvalue weighted by Gasteiger charge is -2.33. The van der Waals surface area contributed by atoms with Crippen molar-refractivity contribution in [3.8, 4) is 0 Å². The van der Waals surface area contributed by atoms with Crippen molar-refractivity contribution in [1.82, 2.24) is 19.9 Å². The molecule has 106 valence electrons. The van der Waals surface area contributed by atoms with E-state index in [0.29, 0.717) is 6.42 Å². The Morgan fingerprint density at radius 1 is 1.55 bits per heavy atom. The molecule has 0 aliphatic carbocycles. The number of carbonyl (C=O) groups excluding carboxylic acids is 1. The number of aromatic nitrogens is 3. The fraction of sp³-hybridized carbons (Fsp3) is 0.500. The molecule has 1 aliphatic rings. The third-order valence-corrected chi connectivity index (χ3v) is 3.77. The highest BCUT2D eigenvalue weighted by atomic mass is 16.2. The van der Waals surface area contributed by atoms with E-state index < -0.39 is 0 Å². The van der Waals surface area contributed by atoms with Gasteiger partial charge in [-0.3, -0.25) is 4.79 Å². The van der Waals surface area contributed by atoms with E-state index >= 15 is 0 Å². The second kappa shape index (κ2) is 5.48. The number of amides is 1. The molecule has 2 aromatic rings. The summed E-state index contributed by atoms with van der Waals surface area (Å²) < 4.78 is 0. The van der Waals surface area contributed by atoms with Gasteiger partial charge in [-0.2, -0.15) is 0 Å². The van der Waals surface area contributed by atoms with E-state index in [4.69, 9.17) is 0 Å². The van der Waals surface area contributed by atoms with Gasteiger partial charge in [0.2, 0.25) is 5.91 Å². The van der Waals surface area contributed by atoms with E-state index in [1.54, 1.807) is 6.33 Å². The summed E-state index contributed by atoms with van der Waals surface area (Å²) in [5.74, 6) is 1.07. The molecule has 0 radical (unpaired) electrons. The van der Waals surface area contributed by atoms with Gasteiger partial charge in [-0.15, -0.1) is 0 Å². The summed E-state index contributed by atoms with van der Waals surface area (Å²) in [5, 5.41) is 4.45. The number of hydrogen-bond acceptors (Lipinski definition) is 4. The first-order valence-corrected chi connectivity index (χ1v) is 7.10. The minimum atomic E-state index is 0.228. The molecule has 2 aromatic heterocycles. The molecule has 0 unspecified atom stereocenters. The molecular formula is C14H19N5O. The molecule has 0 spiro atoms. The van der Waals surface area contributed by atoms with Gasteiger partial charge in [0.05, 0.1) is 5.39 Å². The molecule has 2 N–H and O–H groups in total. The Bertz CT molecular complexity index is 608. The highest BCUT2D eigenvalue weighted by Gasteiger charge is 2.23. The van der Waals surface area contributed by atoms with Crippen molar-refractivity contribution in [1.29, 1.82) is 0 Å². The van der Waals surface area contributed by atoms with Crippen LogP contribution in [0.2, 0.25) is 0 Å². The van der Waals surface area contributed by atoms with E-state index in [2.05, 4.69) is 20.3 Å². The predicted molar refractivity (Wildman–Crippen MR) is 77.4 cm³/mol. The topological polar surface area (TPSA) is 73.9 Å². The van der Waals surface area contributed by atoms with Gasteiger partial charge in [0.15, 0.2) is 0 Å². The maximum atomic E-state index is 11.8. The second-order valence-electron chi connectivity index (χ2n) is 5.14. The fourth-order valence-corrected chi connectivity index (χ4v) is 2.73. The molecule has 1 amide bonds. The molecule has 6 nitrogen and oxygen atoms in total. The van der Waals surface area contributed by atoms with Crippen LogP contribution in [0.5, 0.6) is 0 Å². The van der Waals surface area contributed by atoms with E-state index in [1.807, 2.05) is 24.1 Å². The molecule has 0 aromatic carbocycles. The molecule has 1 aliphatic heterocycles. The monoisotopic (exact) mass is 273 g/mol. The third-order valence-electron chi connectivity index (χ3n) is 3.77. The Hall–Kier alpha value is -2.11. The summed E-state index contributed by atoms with van der Waals surface area (Å²) in [6.07, 6.45) is 6.08. The van der Waals surface area contributed by atoms with Crippen molar-refractivity contribution in [2.75, 3.05) is 18.4 Å². The van der Waals surface area contributed by atoms with Crippen LogP contribution in [0.4, 0.5) is 5.82 Å². The summed E-state index contributed by atoms with van der Waals surface area (Å²) in [6, 6.07) is 2.22. The number of nitrogens with one attached hydrogen (secondary N) is 2. The number of aromatic amines is 1. The average Bonchev–Trinajstić information content (AvgIpc) is 2.96. The number of piperidine rings is 1. The minimum absolute atomic E-state index is 0.228. The van der Waals surface area contributed by atoms with Crippen molar-refractivity contribution in [2.24, 2.45) is 0 Å². The van der Waals surface area contributed by atoms with Gasteiger partial charge in [0.1, 0.15) is 17.8 Å². The molecule has 0 bridgehead atoms. The molecule has 1 fully saturated rings. The Labute approximate surface area is 117 Å². The van der Waals surface area contributed by atoms with Gasteiger partial charge < -0.3 is 15.2 Å². The van der Waals surface area contributed by atoms with Crippen molar-refractivity contribution in [3.05, 3.63) is 18.6 Å². The van der Waals surface area contributed by atoms with Crippen molar-refractivity contribution >= 4 is 22.8 Å². The third kappa shape index (κ3) is 2.45. The Kier molecular flexibility index (Phi) is 3.54. The van der Waals surface area contributed by atoms with E-state index in [9.17, 15) is 4.79 Å². The first kappa shape index (κ1) is 12.9. The summed E-state index contributed by atoms with van der Waals surface area (Å²) in [5.41, 5.74) is 0.833. The quantitative estimate of drug-likeness (QED) is 0.894. The lowest BCUT2D eigenvalue weighted by Crippen LogP contribution is -2.45. The molecule has 6 heteroatoms. The second-order valence-corrected chi connectivity index (χ2v) is 5.14. The zero-order chi connectivity index (χ0) is 13.9. The Balaban J connectivity index is 1.74. The molecule has 1 atom stereocenters. The number of fused-ring (bicyclic) bond motifs is 1. The van der Waals surface area contributed by atoms with Crippen LogP contribution in [0.15, 0.2) is 18.6 Å². The van der Waals surface area contributed by atoms with E-state index in [1.165, 1.54) is 0 Å². The molecule has 1 saturated heterocycles. The van der Waals surface area contributed by atoms with Crippen LogP contribution >= 0.6 is 0 Å². The number of likely N-dealkylation sites (tertiary alicyclic amines) is 1. The van der Waals surface area contributed by atoms with Crippen LogP contribution in [-0.2, 0) is 4.79 Å². The van der Waals surface area contributed by atoms with Gasteiger partial charge in [-0.1, -0.05) is 6.92 Å². The molecule has 3 heterocycles. The summed E-state index contributed by atoms with van der Waals surface area (Å²) in [4.78, 5) is 25.3. The normalized spacial score (nSPS) is 19.2. The van der Waals surface area contributed by atoms with E-state index in [-0.39, 0.29) is 11.9 Å². The summed E-state index contributed by atoms with van der Waals surface area (Å²) in [7, 11) is 0. The number of hydrogen-bond donors (Lipinski definition) is 2. The molecule has 20 heavy (non-hydrogen) atoms. The Morgan fingerprint density at radius 3 is 3.30 bits per heavy atom. The maximum absolute atomic E-state index is 11.8. The highest BCUT2D eigenvalue weighted by Crippen LogP contribution is 2.21. The maximum Gasteiger partial charge on any atom is 0.222 e. The summed E-state index contributed by atoms with van der Waals surface area (Å²) in [6.45, 7) is 3.53. The van der Waals surface area contributed by atoms with Crippen molar-refractivity contribution < 1.29 is 4.79 Å². The van der Waals surface area contributed by atoms with Crippen LogP contribution in [-0.4, -0.2) is 44.9 Å². The lowest BCUT2D eigenvalue weighted by atomic mass is 10.1. The largest absolute Gasteiger partial charge is 0.365 e. The van der Waals surface area contributed by atoms with Gasteiger partial charge in [0, 0.05) is 31.7 Å². The van der Waals surface area contributed by atoms with Crippen molar-refractivity contribution in [2.45, 2.75) is 32.2 Å². The standard InChI is InChI=1S/C14H19N5O/c1-2-12(20)19-7-3-4-10(8-19)18-14-11-5-6-15-13(11)16-9-17-14/h5-6,9-10H,2-4,7-8H2,1H3,(H2,15,16,17,18)/t10-/m1/s1. The van der Waals surface area contributed by atoms with Gasteiger partial charge >= 0.3 is 0 Å². The Morgan fingerprint density at radius 2 is 2.45 bits per heavy atom. The van der Waals surface area contributed by atoms with Gasteiger partial charge in [0.25, 0.3) is 0 Å². The molecular weight excluding hydrogens is 254 g/mol. The zero-order valence-electron chi connectivity index (χ0n) is 11.6. The van der Waals surface area contributed by atoms with E-state index in [0.717, 1.165) is 42.8 Å². The number of rotatable bonds is 3. The summed E-state index contributed by atoms with van der Waals surface area (Å²) >= 11 is 0. The minimum Gasteiger partial charge on any atom is -0.365 e. The molecule has 0 saturated carbocycles. The fourth-order valence-electron chi connectivity index (χ4n) is 2.73. The number of nitrogens with zero attached hydrogens (tertiary/aromatic N) is 3. The predicted octanol–water partition coefficient (Wildman–Crippen LogP) is 1.77. The van der Waals surface area contributed by atoms with Gasteiger partial charge in [-0.05, 0) is 18.9 Å².